The Labute approximate surface area is 55.0 Å². The van der Waals surface area contributed by atoms with Crippen LogP contribution in [0.1, 0.15) is 6.92 Å². The molecule has 1 heterocycles. The zero-order chi connectivity index (χ0) is 5.28. The lowest BCUT2D eigenvalue weighted by atomic mass is 10.6. The first-order valence-electron chi connectivity index (χ1n) is 2.25. The normalized spacial score (nSPS) is 42.0. The summed E-state index contributed by atoms with van der Waals surface area (Å²) >= 11 is 0. The van der Waals surface area contributed by atoms with Gasteiger partial charge in [-0.2, -0.15) is 0 Å². The van der Waals surface area contributed by atoms with Crippen LogP contribution >= 0.6 is 20.6 Å². The molecule has 0 aromatic heterocycles. The first kappa shape index (κ1) is 6.17. The second kappa shape index (κ2) is 2.55. The Morgan fingerprint density at radius 3 is 2.57 bits per heavy atom. The van der Waals surface area contributed by atoms with E-state index in [2.05, 4.69) is 13.2 Å². The fraction of sp³-hybridized carbons (Fsp3) is 1.00. The van der Waals surface area contributed by atoms with Crippen LogP contribution in [-0.4, -0.2) is 17.3 Å². The van der Waals surface area contributed by atoms with Crippen LogP contribution in [0, 0.1) is 0 Å². The minimum Gasteiger partial charge on any atom is -0.0477 e. The fourth-order valence-corrected chi connectivity index (χ4v) is 7.60. The van der Waals surface area contributed by atoms with Gasteiger partial charge >= 0.3 is 0 Å². The molecule has 2 unspecified atom stereocenters. The first-order chi connectivity index (χ1) is 3.29. The minimum atomic E-state index is 0.677. The quantitative estimate of drug-likeness (QED) is 0.385. The molecule has 1 aliphatic rings. The van der Waals surface area contributed by atoms with E-state index in [0.717, 1.165) is 5.25 Å². The zero-order valence-electron chi connectivity index (χ0n) is 4.51. The Morgan fingerprint density at radius 2 is 2.43 bits per heavy atom. The molecular weight excluding hydrogens is 144 g/mol. The average Bonchev–Trinajstić information content (AvgIpc) is 1.87. The number of hydrogen-bond acceptors (Lipinski definition) is 2. The molecule has 0 radical (unpaired) electrons. The van der Waals surface area contributed by atoms with Crippen LogP contribution < -0.4 is 0 Å². The maximum absolute atomic E-state index is 2.32. The van der Waals surface area contributed by atoms with Gasteiger partial charge in [-0.25, -0.2) is 0 Å². The largest absolute Gasteiger partial charge is 0.162 e. The van der Waals surface area contributed by atoms with Crippen molar-refractivity contribution in [2.75, 3.05) is 12.0 Å². The molecule has 0 amide bonds. The summed E-state index contributed by atoms with van der Waals surface area (Å²) in [4.78, 5) is 0. The van der Waals surface area contributed by atoms with E-state index in [0.29, 0.717) is 9.93 Å². The summed E-state index contributed by atoms with van der Waals surface area (Å²) in [5.41, 5.74) is 0. The van der Waals surface area contributed by atoms with Gasteiger partial charge in [-0.3, -0.25) is 0 Å². The predicted octanol–water partition coefficient (Wildman–Crippen LogP) is 1.93. The van der Waals surface area contributed by atoms with Crippen molar-refractivity contribution < 1.29 is 0 Å². The third kappa shape index (κ3) is 1.78. The van der Waals surface area contributed by atoms with Crippen molar-refractivity contribution in [2.24, 2.45) is 0 Å². The Hall–Kier alpha value is 1.05. The van der Waals surface area contributed by atoms with E-state index < -0.39 is 0 Å². The Kier molecular flexibility index (Phi) is 2.25. The highest BCUT2D eigenvalue weighted by Gasteiger charge is 2.28. The lowest BCUT2D eigenvalue weighted by Crippen LogP contribution is -2.00. The Balaban J connectivity index is 2.26. The van der Waals surface area contributed by atoms with Crippen molar-refractivity contribution >= 4 is 30.5 Å². The summed E-state index contributed by atoms with van der Waals surface area (Å²) in [5, 5.41) is 0.915. The second-order valence-electron chi connectivity index (χ2n) is 1.71. The first-order valence-corrected chi connectivity index (χ1v) is 6.78. The topological polar surface area (TPSA) is 0 Å². The highest BCUT2D eigenvalue weighted by atomic mass is 33.5. The van der Waals surface area contributed by atoms with E-state index in [-0.39, 0.29) is 0 Å². The van der Waals surface area contributed by atoms with E-state index >= 15 is 0 Å². The zero-order valence-corrected chi connectivity index (χ0v) is 6.96. The third-order valence-corrected chi connectivity index (χ3v) is 7.90. The van der Waals surface area contributed by atoms with Crippen LogP contribution in [0.3, 0.4) is 0 Å². The Bertz CT molecular complexity index is 56.0. The van der Waals surface area contributed by atoms with Gasteiger partial charge in [0.15, 0.2) is 9.83 Å². The summed E-state index contributed by atoms with van der Waals surface area (Å²) in [6.07, 6.45) is 2.32. The summed E-state index contributed by atoms with van der Waals surface area (Å²) in [7, 11) is 4.76. The third-order valence-electron chi connectivity index (χ3n) is 0.789. The smallest absolute Gasteiger partial charge is 0.0477 e. The van der Waals surface area contributed by atoms with Gasteiger partial charge in [-0.15, -0.1) is 0 Å². The highest BCUT2D eigenvalue weighted by Crippen LogP contribution is 2.41. The fourth-order valence-electron chi connectivity index (χ4n) is 0.520. The van der Waals surface area contributed by atoms with Gasteiger partial charge < -0.3 is 0 Å². The van der Waals surface area contributed by atoms with Gasteiger partial charge in [0.25, 0.3) is 0 Å². The van der Waals surface area contributed by atoms with Gasteiger partial charge in [-0.05, 0) is 17.7 Å². The van der Waals surface area contributed by atoms with Gasteiger partial charge in [0.1, 0.15) is 12.0 Å². The molecule has 0 N–H and O–H groups in total. The summed E-state index contributed by atoms with van der Waals surface area (Å²) in [6.45, 7) is 2.30. The lowest BCUT2D eigenvalue weighted by molar-refractivity contribution is 1.14. The molecule has 0 bridgehead atoms. The van der Waals surface area contributed by atoms with Crippen molar-refractivity contribution in [3.63, 3.8) is 0 Å². The summed E-state index contributed by atoms with van der Waals surface area (Å²) in [6, 6.07) is 0. The predicted molar refractivity (Wildman–Crippen MR) is 42.8 cm³/mol. The standard InChI is InChI=1S/C4H9S3/c1-4-3-7(2)6-5-4/h4H,3H2,1-2H3/q+1. The van der Waals surface area contributed by atoms with Crippen LogP contribution in [0.2, 0.25) is 0 Å². The second-order valence-corrected chi connectivity index (χ2v) is 8.25. The molecule has 1 rings (SSSR count). The lowest BCUT2D eigenvalue weighted by Gasteiger charge is -1.84. The molecule has 0 aromatic carbocycles. The average molecular weight is 153 g/mol. The van der Waals surface area contributed by atoms with E-state index in [1.807, 2.05) is 20.6 Å². The van der Waals surface area contributed by atoms with Crippen LogP contribution in [-0.2, 0) is 9.93 Å². The molecule has 1 aliphatic heterocycles. The molecule has 1 saturated heterocycles. The number of hydrogen-bond donors (Lipinski definition) is 0. The molecule has 0 nitrogen and oxygen atoms in total. The van der Waals surface area contributed by atoms with Gasteiger partial charge in [-0.1, -0.05) is 0 Å². The van der Waals surface area contributed by atoms with Crippen LogP contribution in [0.25, 0.3) is 0 Å². The molecule has 0 aromatic rings. The molecule has 0 spiro atoms. The molecule has 7 heavy (non-hydrogen) atoms. The van der Waals surface area contributed by atoms with Gasteiger partial charge in [0, 0.05) is 0 Å². The van der Waals surface area contributed by atoms with Crippen molar-refractivity contribution in [1.82, 2.24) is 0 Å². The monoisotopic (exact) mass is 153 g/mol. The SMILES string of the molecule is CC1C[S+](C)SS1. The molecule has 1 fully saturated rings. The minimum absolute atomic E-state index is 0.677. The summed E-state index contributed by atoms with van der Waals surface area (Å²) in [5.74, 6) is 1.43. The Morgan fingerprint density at radius 1 is 1.71 bits per heavy atom. The highest BCUT2D eigenvalue weighted by molar-refractivity contribution is 9.09. The van der Waals surface area contributed by atoms with E-state index in [1.54, 1.807) is 0 Å². The van der Waals surface area contributed by atoms with E-state index in [1.165, 1.54) is 5.75 Å². The molecule has 0 aliphatic carbocycles. The van der Waals surface area contributed by atoms with Crippen LogP contribution in [0.4, 0.5) is 0 Å². The van der Waals surface area contributed by atoms with Crippen LogP contribution in [0.15, 0.2) is 0 Å². The molecular formula is C4H9S3+. The van der Waals surface area contributed by atoms with E-state index in [4.69, 9.17) is 0 Å². The maximum Gasteiger partial charge on any atom is 0.162 e. The number of rotatable bonds is 0. The van der Waals surface area contributed by atoms with E-state index in [9.17, 15) is 0 Å². The van der Waals surface area contributed by atoms with Crippen molar-refractivity contribution in [3.05, 3.63) is 0 Å². The molecule has 3 heteroatoms. The summed E-state index contributed by atoms with van der Waals surface area (Å²) < 4.78 is 0. The molecule has 2 atom stereocenters. The molecule has 0 saturated carbocycles. The van der Waals surface area contributed by atoms with Crippen molar-refractivity contribution in [2.45, 2.75) is 12.2 Å². The van der Waals surface area contributed by atoms with Gasteiger partial charge in [0.05, 0.1) is 15.2 Å². The van der Waals surface area contributed by atoms with Crippen LogP contribution in [0.5, 0.6) is 0 Å². The molecule has 42 valence electrons. The van der Waals surface area contributed by atoms with Crippen molar-refractivity contribution in [3.8, 4) is 0 Å². The van der Waals surface area contributed by atoms with Crippen molar-refractivity contribution in [1.29, 1.82) is 0 Å². The van der Waals surface area contributed by atoms with Gasteiger partial charge in [0.2, 0.25) is 0 Å². The maximum atomic E-state index is 2.32.